The first kappa shape index (κ1) is 16.3. The monoisotopic (exact) mass is 292 g/mol. The second kappa shape index (κ2) is 7.17. The molecule has 0 spiro atoms. The molecule has 1 fully saturated rings. The molecule has 106 valence electrons. The van der Waals surface area contributed by atoms with Gasteiger partial charge in [-0.05, 0) is 50.5 Å². The standard InChI is InChI=1S/C13H24O3S2/c1-9(8-11-17-5-4-6-18-11)7-10(14)12(15)13(2,3)16/h9-11,14,16H,4-8H2,1-3H3/t9-,10-/m0/s1. The van der Waals surface area contributed by atoms with E-state index in [9.17, 15) is 15.0 Å². The Hall–Kier alpha value is 0.290. The van der Waals surface area contributed by atoms with Gasteiger partial charge >= 0.3 is 0 Å². The Morgan fingerprint density at radius 1 is 1.39 bits per heavy atom. The molecule has 0 aromatic rings. The molecule has 3 nitrogen and oxygen atoms in total. The van der Waals surface area contributed by atoms with Crippen LogP contribution in [0.4, 0.5) is 0 Å². The number of carbonyl (C=O) groups excluding carboxylic acids is 1. The van der Waals surface area contributed by atoms with Crippen molar-refractivity contribution < 1.29 is 15.0 Å². The summed E-state index contributed by atoms with van der Waals surface area (Å²) in [5.41, 5.74) is -1.44. The van der Waals surface area contributed by atoms with E-state index in [4.69, 9.17) is 0 Å². The van der Waals surface area contributed by atoms with Gasteiger partial charge < -0.3 is 10.2 Å². The Morgan fingerprint density at radius 3 is 2.44 bits per heavy atom. The second-order valence-corrected chi connectivity index (χ2v) is 8.46. The molecular weight excluding hydrogens is 268 g/mol. The molecule has 5 heteroatoms. The van der Waals surface area contributed by atoms with Gasteiger partial charge in [0.2, 0.25) is 0 Å². The minimum atomic E-state index is -1.44. The van der Waals surface area contributed by atoms with E-state index in [2.05, 4.69) is 6.92 Å². The predicted octanol–water partition coefficient (Wildman–Crippen LogP) is 2.30. The van der Waals surface area contributed by atoms with Gasteiger partial charge in [0.25, 0.3) is 0 Å². The molecule has 2 atom stereocenters. The Balaban J connectivity index is 2.34. The number of carbonyl (C=O) groups is 1. The fraction of sp³-hybridized carbons (Fsp3) is 0.923. The third kappa shape index (κ3) is 5.51. The summed E-state index contributed by atoms with van der Waals surface area (Å²) in [6.07, 6.45) is 1.70. The molecule has 0 aliphatic carbocycles. The van der Waals surface area contributed by atoms with Gasteiger partial charge in [-0.2, -0.15) is 0 Å². The van der Waals surface area contributed by atoms with Gasteiger partial charge in [-0.3, -0.25) is 4.79 Å². The van der Waals surface area contributed by atoms with Crippen LogP contribution in [-0.2, 0) is 4.79 Å². The molecule has 0 aromatic heterocycles. The summed E-state index contributed by atoms with van der Waals surface area (Å²) in [7, 11) is 0. The van der Waals surface area contributed by atoms with Gasteiger partial charge in [-0.1, -0.05) is 6.92 Å². The number of aliphatic hydroxyl groups is 2. The van der Waals surface area contributed by atoms with Crippen molar-refractivity contribution in [2.24, 2.45) is 5.92 Å². The number of aliphatic hydroxyl groups excluding tert-OH is 1. The summed E-state index contributed by atoms with van der Waals surface area (Å²) >= 11 is 3.96. The van der Waals surface area contributed by atoms with Gasteiger partial charge in [0.1, 0.15) is 11.7 Å². The zero-order valence-corrected chi connectivity index (χ0v) is 13.0. The van der Waals surface area contributed by atoms with Crippen LogP contribution in [0.2, 0.25) is 0 Å². The van der Waals surface area contributed by atoms with Crippen LogP contribution in [0.3, 0.4) is 0 Å². The van der Waals surface area contributed by atoms with Crippen LogP contribution in [0.15, 0.2) is 0 Å². The van der Waals surface area contributed by atoms with Crippen molar-refractivity contribution in [3.8, 4) is 0 Å². The summed E-state index contributed by atoms with van der Waals surface area (Å²) in [4.78, 5) is 11.7. The quantitative estimate of drug-likeness (QED) is 0.787. The molecular formula is C13H24O3S2. The van der Waals surface area contributed by atoms with E-state index < -0.39 is 17.5 Å². The van der Waals surface area contributed by atoms with Crippen molar-refractivity contribution in [2.45, 2.75) is 56.3 Å². The van der Waals surface area contributed by atoms with Gasteiger partial charge in [-0.25, -0.2) is 0 Å². The van der Waals surface area contributed by atoms with Crippen LogP contribution < -0.4 is 0 Å². The highest BCUT2D eigenvalue weighted by Crippen LogP contribution is 2.35. The van der Waals surface area contributed by atoms with Crippen molar-refractivity contribution in [2.75, 3.05) is 11.5 Å². The molecule has 18 heavy (non-hydrogen) atoms. The predicted molar refractivity (Wildman–Crippen MR) is 79.0 cm³/mol. The van der Waals surface area contributed by atoms with E-state index in [0.29, 0.717) is 16.9 Å². The van der Waals surface area contributed by atoms with E-state index in [-0.39, 0.29) is 0 Å². The molecule has 1 rings (SSSR count). The van der Waals surface area contributed by atoms with Gasteiger partial charge in [0.05, 0.1) is 4.58 Å². The summed E-state index contributed by atoms with van der Waals surface area (Å²) < 4.78 is 0.596. The summed E-state index contributed by atoms with van der Waals surface area (Å²) in [6, 6.07) is 0. The largest absolute Gasteiger partial charge is 0.385 e. The van der Waals surface area contributed by atoms with E-state index in [1.54, 1.807) is 0 Å². The zero-order chi connectivity index (χ0) is 13.8. The van der Waals surface area contributed by atoms with E-state index in [0.717, 1.165) is 6.42 Å². The Kier molecular flexibility index (Phi) is 6.51. The molecule has 2 N–H and O–H groups in total. The Morgan fingerprint density at radius 2 is 1.94 bits per heavy atom. The SMILES string of the molecule is C[C@H](CC1SCCCS1)C[C@H](O)C(=O)C(C)(C)O. The molecule has 1 aliphatic rings. The molecule has 1 saturated heterocycles. The smallest absolute Gasteiger partial charge is 0.192 e. The molecule has 0 unspecified atom stereocenters. The number of ketones is 1. The maximum atomic E-state index is 11.7. The fourth-order valence-corrected chi connectivity index (χ4v) is 5.22. The first-order chi connectivity index (χ1) is 8.30. The minimum Gasteiger partial charge on any atom is -0.385 e. The number of hydrogen-bond acceptors (Lipinski definition) is 5. The fourth-order valence-electron chi connectivity index (χ4n) is 1.99. The molecule has 0 saturated carbocycles. The van der Waals surface area contributed by atoms with Crippen molar-refractivity contribution in [3.05, 3.63) is 0 Å². The maximum Gasteiger partial charge on any atom is 0.192 e. The molecule has 0 amide bonds. The molecule has 0 bridgehead atoms. The summed E-state index contributed by atoms with van der Waals surface area (Å²) in [5.74, 6) is 2.26. The summed E-state index contributed by atoms with van der Waals surface area (Å²) in [5, 5.41) is 19.4. The topological polar surface area (TPSA) is 57.5 Å². The van der Waals surface area contributed by atoms with Crippen molar-refractivity contribution in [1.82, 2.24) is 0 Å². The van der Waals surface area contributed by atoms with Gasteiger partial charge in [-0.15, -0.1) is 23.5 Å². The van der Waals surface area contributed by atoms with Crippen LogP contribution in [0.25, 0.3) is 0 Å². The summed E-state index contributed by atoms with van der Waals surface area (Å²) in [6.45, 7) is 4.92. The molecule has 1 aliphatic heterocycles. The number of thioether (sulfide) groups is 2. The lowest BCUT2D eigenvalue weighted by molar-refractivity contribution is -0.143. The van der Waals surface area contributed by atoms with Crippen LogP contribution in [-0.4, -0.2) is 43.8 Å². The lowest BCUT2D eigenvalue weighted by Gasteiger charge is -2.26. The highest BCUT2D eigenvalue weighted by atomic mass is 32.2. The maximum absolute atomic E-state index is 11.7. The van der Waals surface area contributed by atoms with E-state index in [1.807, 2.05) is 23.5 Å². The van der Waals surface area contributed by atoms with E-state index >= 15 is 0 Å². The zero-order valence-electron chi connectivity index (χ0n) is 11.4. The number of hydrogen-bond donors (Lipinski definition) is 2. The highest BCUT2D eigenvalue weighted by Gasteiger charge is 2.31. The first-order valence-corrected chi connectivity index (χ1v) is 8.58. The lowest BCUT2D eigenvalue weighted by atomic mass is 9.92. The van der Waals surface area contributed by atoms with Crippen LogP contribution in [0.5, 0.6) is 0 Å². The van der Waals surface area contributed by atoms with Gasteiger partial charge in [0.15, 0.2) is 5.78 Å². The van der Waals surface area contributed by atoms with Crippen LogP contribution in [0.1, 0.15) is 40.0 Å². The molecule has 0 radical (unpaired) electrons. The normalized spacial score (nSPS) is 21.6. The number of rotatable bonds is 6. The molecule has 1 heterocycles. The Bertz CT molecular complexity index is 270. The number of Topliss-reactive ketones (excluding diaryl/α,β-unsaturated/α-hetero) is 1. The second-order valence-electron chi connectivity index (χ2n) is 5.54. The van der Waals surface area contributed by atoms with Crippen LogP contribution >= 0.6 is 23.5 Å². The van der Waals surface area contributed by atoms with Gasteiger partial charge in [0, 0.05) is 0 Å². The average Bonchev–Trinajstić information content (AvgIpc) is 2.27. The first-order valence-electron chi connectivity index (χ1n) is 6.48. The van der Waals surface area contributed by atoms with E-state index in [1.165, 1.54) is 31.8 Å². The van der Waals surface area contributed by atoms with Crippen molar-refractivity contribution in [1.29, 1.82) is 0 Å². The highest BCUT2D eigenvalue weighted by molar-refractivity contribution is 8.17. The lowest BCUT2D eigenvalue weighted by Crippen LogP contribution is -2.40. The minimum absolute atomic E-state index is 0.300. The molecule has 0 aromatic carbocycles. The average molecular weight is 292 g/mol. The van der Waals surface area contributed by atoms with Crippen molar-refractivity contribution in [3.63, 3.8) is 0 Å². The third-order valence-corrected chi connectivity index (χ3v) is 6.02. The van der Waals surface area contributed by atoms with Crippen molar-refractivity contribution >= 4 is 29.3 Å². The third-order valence-electron chi connectivity index (χ3n) is 3.02. The van der Waals surface area contributed by atoms with Crippen LogP contribution in [0, 0.1) is 5.92 Å². The Labute approximate surface area is 118 Å².